The van der Waals surface area contributed by atoms with Gasteiger partial charge in [-0.1, -0.05) is 19.0 Å². The summed E-state index contributed by atoms with van der Waals surface area (Å²) in [4.78, 5) is 8.56. The number of nitrogens with zero attached hydrogens (tertiary/aromatic N) is 3. The number of aryl methyl sites for hydroxylation is 1. The van der Waals surface area contributed by atoms with Crippen molar-refractivity contribution < 1.29 is 4.52 Å². The van der Waals surface area contributed by atoms with E-state index < -0.39 is 0 Å². The van der Waals surface area contributed by atoms with E-state index in [1.54, 1.807) is 11.3 Å². The van der Waals surface area contributed by atoms with Crippen molar-refractivity contribution in [1.82, 2.24) is 20.4 Å². The summed E-state index contributed by atoms with van der Waals surface area (Å²) in [6.07, 6.45) is 0. The first-order valence-electron chi connectivity index (χ1n) is 5.13. The maximum absolute atomic E-state index is 5.14. The second-order valence-corrected chi connectivity index (χ2v) is 4.87. The molecule has 0 fully saturated rings. The minimum atomic E-state index is 0.406. The molecule has 0 aliphatic carbocycles. The van der Waals surface area contributed by atoms with Crippen molar-refractivity contribution in [3.05, 3.63) is 16.2 Å². The molecule has 0 amide bonds. The minimum Gasteiger partial charge on any atom is -0.332 e. The van der Waals surface area contributed by atoms with Crippen LogP contribution in [0, 0.1) is 6.92 Å². The topological polar surface area (TPSA) is 63.8 Å². The fourth-order valence-electron chi connectivity index (χ4n) is 1.19. The molecule has 16 heavy (non-hydrogen) atoms. The lowest BCUT2D eigenvalue weighted by molar-refractivity contribution is 0.416. The molecule has 2 aromatic rings. The molecule has 2 heterocycles. The highest BCUT2D eigenvalue weighted by molar-refractivity contribution is 7.09. The van der Waals surface area contributed by atoms with Crippen LogP contribution in [0.15, 0.2) is 9.90 Å². The highest BCUT2D eigenvalue weighted by Gasteiger charge is 2.11. The molecule has 0 aromatic carbocycles. The Bertz CT molecular complexity index is 463. The summed E-state index contributed by atoms with van der Waals surface area (Å²) in [5, 5.41) is 10.0. The zero-order valence-electron chi connectivity index (χ0n) is 9.52. The molecule has 0 spiro atoms. The van der Waals surface area contributed by atoms with Gasteiger partial charge in [0.05, 0.1) is 11.6 Å². The summed E-state index contributed by atoms with van der Waals surface area (Å²) in [6, 6.07) is 0.406. The maximum Gasteiger partial charge on any atom is 0.277 e. The van der Waals surface area contributed by atoms with Gasteiger partial charge in [0.25, 0.3) is 5.89 Å². The Kier molecular flexibility index (Phi) is 3.31. The Morgan fingerprint density at radius 3 is 2.88 bits per heavy atom. The predicted molar refractivity (Wildman–Crippen MR) is 62.1 cm³/mol. The standard InChI is InChI=1S/C10H14N4OS/c1-6(2)11-4-9-13-10(15-14-9)8-5-16-7(3)12-8/h5-6,11H,4H2,1-3H3. The van der Waals surface area contributed by atoms with Gasteiger partial charge >= 0.3 is 0 Å². The molecule has 0 saturated carbocycles. The fraction of sp³-hybridized carbons (Fsp3) is 0.500. The van der Waals surface area contributed by atoms with Gasteiger partial charge in [0.15, 0.2) is 5.82 Å². The van der Waals surface area contributed by atoms with E-state index in [9.17, 15) is 0 Å². The average molecular weight is 238 g/mol. The predicted octanol–water partition coefficient (Wildman–Crippen LogP) is 2.00. The van der Waals surface area contributed by atoms with Crippen LogP contribution in [0.3, 0.4) is 0 Å². The van der Waals surface area contributed by atoms with Gasteiger partial charge in [-0.05, 0) is 6.92 Å². The Morgan fingerprint density at radius 2 is 2.25 bits per heavy atom. The Balaban J connectivity index is 2.07. The number of hydrogen-bond acceptors (Lipinski definition) is 6. The molecule has 2 rings (SSSR count). The number of nitrogens with one attached hydrogen (secondary N) is 1. The smallest absolute Gasteiger partial charge is 0.277 e. The van der Waals surface area contributed by atoms with E-state index in [0.29, 0.717) is 24.3 Å². The molecule has 2 aromatic heterocycles. The largest absolute Gasteiger partial charge is 0.332 e. The third kappa shape index (κ3) is 2.65. The van der Waals surface area contributed by atoms with Crippen LogP contribution in [0.25, 0.3) is 11.6 Å². The molecular weight excluding hydrogens is 224 g/mol. The Labute approximate surface area is 97.9 Å². The zero-order valence-corrected chi connectivity index (χ0v) is 10.3. The number of thiazole rings is 1. The summed E-state index contributed by atoms with van der Waals surface area (Å²) in [5.74, 6) is 1.15. The van der Waals surface area contributed by atoms with Gasteiger partial charge in [-0.2, -0.15) is 4.98 Å². The van der Waals surface area contributed by atoms with E-state index in [0.717, 1.165) is 10.7 Å². The van der Waals surface area contributed by atoms with Gasteiger partial charge in [-0.15, -0.1) is 11.3 Å². The molecule has 0 aliphatic rings. The summed E-state index contributed by atoms with van der Waals surface area (Å²) >= 11 is 1.57. The highest BCUT2D eigenvalue weighted by Crippen LogP contribution is 2.19. The van der Waals surface area contributed by atoms with E-state index in [1.807, 2.05) is 12.3 Å². The van der Waals surface area contributed by atoms with Crippen LogP contribution < -0.4 is 5.32 Å². The van der Waals surface area contributed by atoms with Crippen LogP contribution >= 0.6 is 11.3 Å². The SMILES string of the molecule is Cc1nc(-c2nc(CNC(C)C)no2)cs1. The molecule has 0 radical (unpaired) electrons. The first-order chi connectivity index (χ1) is 7.65. The summed E-state index contributed by atoms with van der Waals surface area (Å²) < 4.78 is 5.14. The lowest BCUT2D eigenvalue weighted by Crippen LogP contribution is -2.22. The summed E-state index contributed by atoms with van der Waals surface area (Å²) in [6.45, 7) is 6.71. The molecule has 0 atom stereocenters. The highest BCUT2D eigenvalue weighted by atomic mass is 32.1. The Hall–Kier alpha value is -1.27. The van der Waals surface area contributed by atoms with Crippen LogP contribution in [0.1, 0.15) is 24.7 Å². The number of rotatable bonds is 4. The molecule has 0 unspecified atom stereocenters. The molecule has 0 aliphatic heterocycles. The Morgan fingerprint density at radius 1 is 1.44 bits per heavy atom. The normalized spacial score (nSPS) is 11.2. The third-order valence-corrected chi connectivity index (χ3v) is 2.75. The van der Waals surface area contributed by atoms with Crippen molar-refractivity contribution in [2.24, 2.45) is 0 Å². The second kappa shape index (κ2) is 4.71. The van der Waals surface area contributed by atoms with Crippen LogP contribution in [-0.2, 0) is 6.54 Å². The van der Waals surface area contributed by atoms with Gasteiger partial charge in [0, 0.05) is 11.4 Å². The van der Waals surface area contributed by atoms with E-state index in [1.165, 1.54) is 0 Å². The van der Waals surface area contributed by atoms with Gasteiger partial charge in [0.2, 0.25) is 0 Å². The molecule has 5 nitrogen and oxygen atoms in total. The first kappa shape index (κ1) is 11.2. The van der Waals surface area contributed by atoms with Gasteiger partial charge in [-0.3, -0.25) is 0 Å². The summed E-state index contributed by atoms with van der Waals surface area (Å²) in [5.41, 5.74) is 0.755. The van der Waals surface area contributed by atoms with Gasteiger partial charge in [0.1, 0.15) is 5.69 Å². The van der Waals surface area contributed by atoms with Crippen molar-refractivity contribution in [3.8, 4) is 11.6 Å². The number of hydrogen-bond donors (Lipinski definition) is 1. The minimum absolute atomic E-state index is 0.406. The first-order valence-corrected chi connectivity index (χ1v) is 6.01. The lowest BCUT2D eigenvalue weighted by Gasteiger charge is -2.02. The molecular formula is C10H14N4OS. The van der Waals surface area contributed by atoms with E-state index in [-0.39, 0.29) is 0 Å². The maximum atomic E-state index is 5.14. The zero-order chi connectivity index (χ0) is 11.5. The number of aromatic nitrogens is 3. The fourth-order valence-corrected chi connectivity index (χ4v) is 1.77. The van der Waals surface area contributed by atoms with Gasteiger partial charge in [-0.25, -0.2) is 4.98 Å². The molecule has 0 saturated heterocycles. The van der Waals surface area contributed by atoms with Crippen molar-refractivity contribution in [2.45, 2.75) is 33.4 Å². The molecule has 0 bridgehead atoms. The average Bonchev–Trinajstić information content (AvgIpc) is 2.83. The van der Waals surface area contributed by atoms with Crippen molar-refractivity contribution >= 4 is 11.3 Å². The quantitative estimate of drug-likeness (QED) is 0.882. The van der Waals surface area contributed by atoms with E-state index >= 15 is 0 Å². The van der Waals surface area contributed by atoms with Crippen LogP contribution in [0.4, 0.5) is 0 Å². The van der Waals surface area contributed by atoms with E-state index in [2.05, 4.69) is 34.3 Å². The van der Waals surface area contributed by atoms with E-state index in [4.69, 9.17) is 4.52 Å². The monoisotopic (exact) mass is 238 g/mol. The van der Waals surface area contributed by atoms with Crippen LogP contribution in [-0.4, -0.2) is 21.2 Å². The third-order valence-electron chi connectivity index (χ3n) is 1.97. The lowest BCUT2D eigenvalue weighted by atomic mass is 10.4. The second-order valence-electron chi connectivity index (χ2n) is 3.80. The van der Waals surface area contributed by atoms with Crippen LogP contribution in [0.5, 0.6) is 0 Å². The van der Waals surface area contributed by atoms with Crippen molar-refractivity contribution in [1.29, 1.82) is 0 Å². The molecule has 6 heteroatoms. The van der Waals surface area contributed by atoms with Crippen molar-refractivity contribution in [2.75, 3.05) is 0 Å². The van der Waals surface area contributed by atoms with Gasteiger partial charge < -0.3 is 9.84 Å². The molecule has 1 N–H and O–H groups in total. The summed E-state index contributed by atoms with van der Waals surface area (Å²) in [7, 11) is 0. The molecule has 86 valence electrons. The van der Waals surface area contributed by atoms with Crippen molar-refractivity contribution in [3.63, 3.8) is 0 Å². The van der Waals surface area contributed by atoms with Crippen LogP contribution in [0.2, 0.25) is 0 Å².